The Morgan fingerprint density at radius 1 is 0.403 bits per heavy atom. The standard InChI is InChI=1S/2C14H17NO4.2C12H13NO4/c2*1-2-19-14(18)11-9-15(13(17)12(11)16)8-10-6-4-3-5-7-10;2*14-10-9(12(16)17)7-13(11(10)15)6-8-4-2-1-3-5-8/h2*3-7,11-12,16H,2,8-9H2,1H3;2*1-5,9-10,14H,6-7H2,(H,16,17)/t2*11-,12-;2*9-,10+/m1010/s1. The van der Waals surface area contributed by atoms with Crippen LogP contribution in [-0.4, -0.2) is 162 Å². The van der Waals surface area contributed by atoms with Crippen molar-refractivity contribution in [3.63, 3.8) is 0 Å². The number of hydrogen-bond acceptors (Lipinski definition) is 14. The van der Waals surface area contributed by atoms with Gasteiger partial charge in [0.25, 0.3) is 23.6 Å². The van der Waals surface area contributed by atoms with Crippen LogP contribution < -0.4 is 0 Å². The minimum Gasteiger partial charge on any atom is -0.481 e. The Morgan fingerprint density at radius 3 is 0.806 bits per heavy atom. The SMILES string of the molecule is CCOC(=O)[C@@H]1CN(Cc2ccccc2)C(=O)[C@@H]1O.CCOC(=O)[C@H]1CN(Cc2ccccc2)C(=O)[C@H]1O.O=C(O)[C@@H]1CN(Cc2ccccc2)C(=O)[C@H]1O.O=C(O)[C@H]1CN(Cc2ccccc2)C(=O)[C@@H]1O. The van der Waals surface area contributed by atoms with Gasteiger partial charge in [0.05, 0.1) is 13.2 Å². The summed E-state index contributed by atoms with van der Waals surface area (Å²) in [5.74, 6) is -8.77. The van der Waals surface area contributed by atoms with Crippen molar-refractivity contribution in [1.29, 1.82) is 0 Å². The molecule has 4 fully saturated rings. The smallest absolute Gasteiger partial charge is 0.313 e. The number of amides is 4. The number of ether oxygens (including phenoxy) is 2. The summed E-state index contributed by atoms with van der Waals surface area (Å²) in [7, 11) is 0. The minimum atomic E-state index is -1.42. The molecule has 20 heteroatoms. The molecule has 384 valence electrons. The molecule has 4 heterocycles. The van der Waals surface area contributed by atoms with Crippen LogP contribution in [0.2, 0.25) is 0 Å². The predicted octanol–water partition coefficient (Wildman–Crippen LogP) is 1.32. The molecule has 0 bridgehead atoms. The van der Waals surface area contributed by atoms with Crippen LogP contribution >= 0.6 is 0 Å². The predicted molar refractivity (Wildman–Crippen MR) is 254 cm³/mol. The molecular weight excluding hydrogens is 937 g/mol. The Morgan fingerprint density at radius 2 is 0.611 bits per heavy atom. The summed E-state index contributed by atoms with van der Waals surface area (Å²) in [6, 6.07) is 37.5. The van der Waals surface area contributed by atoms with Gasteiger partial charge in [-0.15, -0.1) is 0 Å². The van der Waals surface area contributed by atoms with Gasteiger partial charge < -0.3 is 59.7 Å². The van der Waals surface area contributed by atoms with Gasteiger partial charge in [-0.1, -0.05) is 121 Å². The molecule has 4 aliphatic heterocycles. The van der Waals surface area contributed by atoms with E-state index in [1.54, 1.807) is 13.8 Å². The van der Waals surface area contributed by atoms with E-state index < -0.39 is 95.6 Å². The zero-order chi connectivity index (χ0) is 52.5. The fraction of sp³-hybridized carbons (Fsp3) is 0.385. The van der Waals surface area contributed by atoms with E-state index >= 15 is 0 Å². The zero-order valence-electron chi connectivity index (χ0n) is 39.8. The third-order valence-corrected chi connectivity index (χ3v) is 12.1. The first kappa shape index (κ1) is 55.4. The van der Waals surface area contributed by atoms with Gasteiger partial charge in [0.15, 0.2) is 0 Å². The van der Waals surface area contributed by atoms with E-state index in [0.717, 1.165) is 22.3 Å². The number of carboxylic acid groups (broad SMARTS) is 2. The fourth-order valence-corrected chi connectivity index (χ4v) is 8.26. The fourth-order valence-electron chi connectivity index (χ4n) is 8.26. The maximum absolute atomic E-state index is 11.9. The first-order valence-corrected chi connectivity index (χ1v) is 23.3. The molecule has 4 aliphatic rings. The first-order chi connectivity index (χ1) is 34.4. The minimum absolute atomic E-state index is 0.0597. The summed E-state index contributed by atoms with van der Waals surface area (Å²) in [4.78, 5) is 97.7. The third kappa shape index (κ3) is 14.8. The van der Waals surface area contributed by atoms with Crippen molar-refractivity contribution in [1.82, 2.24) is 19.6 Å². The number of aliphatic hydroxyl groups excluding tert-OH is 4. The Balaban J connectivity index is 0.000000179. The number of nitrogens with zero attached hydrogens (tertiary/aromatic N) is 4. The number of hydrogen-bond donors (Lipinski definition) is 6. The van der Waals surface area contributed by atoms with Crippen molar-refractivity contribution in [2.75, 3.05) is 39.4 Å². The molecule has 0 radical (unpaired) electrons. The van der Waals surface area contributed by atoms with Crippen molar-refractivity contribution in [3.8, 4) is 0 Å². The van der Waals surface area contributed by atoms with Crippen molar-refractivity contribution < 1.29 is 78.5 Å². The second-order valence-corrected chi connectivity index (χ2v) is 17.2. The van der Waals surface area contributed by atoms with E-state index in [4.69, 9.17) is 19.7 Å². The Kier molecular flexibility index (Phi) is 20.5. The number of carbonyl (C=O) groups is 8. The molecule has 4 saturated heterocycles. The molecular formula is C52H60N4O16. The van der Waals surface area contributed by atoms with E-state index in [0.29, 0.717) is 26.2 Å². The Bertz CT molecular complexity index is 2300. The molecule has 72 heavy (non-hydrogen) atoms. The number of aliphatic hydroxyl groups is 4. The molecule has 0 unspecified atom stereocenters. The van der Waals surface area contributed by atoms with Crippen molar-refractivity contribution >= 4 is 47.5 Å². The Hall–Kier alpha value is -7.52. The van der Waals surface area contributed by atoms with Gasteiger partial charge in [0, 0.05) is 52.4 Å². The average molecular weight is 997 g/mol. The van der Waals surface area contributed by atoms with Crippen LogP contribution in [0.25, 0.3) is 0 Å². The van der Waals surface area contributed by atoms with Crippen LogP contribution in [0, 0.1) is 23.7 Å². The molecule has 0 aromatic heterocycles. The van der Waals surface area contributed by atoms with E-state index in [9.17, 15) is 58.8 Å². The van der Waals surface area contributed by atoms with E-state index in [2.05, 4.69) is 0 Å². The first-order valence-electron chi connectivity index (χ1n) is 23.3. The highest BCUT2D eigenvalue weighted by molar-refractivity contribution is 5.92. The highest BCUT2D eigenvalue weighted by Crippen LogP contribution is 2.25. The van der Waals surface area contributed by atoms with Crippen LogP contribution in [0.1, 0.15) is 36.1 Å². The number of benzene rings is 4. The zero-order valence-corrected chi connectivity index (χ0v) is 39.8. The van der Waals surface area contributed by atoms with Crippen LogP contribution in [-0.2, 0) is 74.0 Å². The van der Waals surface area contributed by atoms with Gasteiger partial charge in [0.1, 0.15) is 48.1 Å². The van der Waals surface area contributed by atoms with Gasteiger partial charge >= 0.3 is 23.9 Å². The third-order valence-electron chi connectivity index (χ3n) is 12.1. The average Bonchev–Trinajstić information content (AvgIpc) is 4.03. The van der Waals surface area contributed by atoms with Crippen LogP contribution in [0.4, 0.5) is 0 Å². The number of likely N-dealkylation sites (tertiary alicyclic amines) is 4. The molecule has 20 nitrogen and oxygen atoms in total. The summed E-state index contributed by atoms with van der Waals surface area (Å²) < 4.78 is 9.73. The second-order valence-electron chi connectivity index (χ2n) is 17.2. The van der Waals surface area contributed by atoms with E-state index in [1.165, 1.54) is 19.6 Å². The lowest BCUT2D eigenvalue weighted by Crippen LogP contribution is -2.31. The molecule has 8 rings (SSSR count). The van der Waals surface area contributed by atoms with E-state index in [-0.39, 0.29) is 39.4 Å². The second kappa shape index (κ2) is 26.6. The quantitative estimate of drug-likeness (QED) is 0.0972. The number of rotatable bonds is 14. The van der Waals surface area contributed by atoms with Gasteiger partial charge in [-0.3, -0.25) is 38.4 Å². The van der Waals surface area contributed by atoms with Gasteiger partial charge in [-0.25, -0.2) is 0 Å². The van der Waals surface area contributed by atoms with Crippen LogP contribution in [0.15, 0.2) is 121 Å². The molecule has 0 aliphatic carbocycles. The normalized spacial score (nSPS) is 23.3. The maximum atomic E-state index is 11.9. The molecule has 6 N–H and O–H groups in total. The van der Waals surface area contributed by atoms with E-state index in [1.807, 2.05) is 121 Å². The molecule has 8 atom stereocenters. The summed E-state index contributed by atoms with van der Waals surface area (Å²) in [6.07, 6.45) is -5.42. The molecule has 4 aromatic carbocycles. The highest BCUT2D eigenvalue weighted by Gasteiger charge is 2.46. The topological polar surface area (TPSA) is 289 Å². The van der Waals surface area contributed by atoms with Crippen LogP contribution in [0.5, 0.6) is 0 Å². The summed E-state index contributed by atoms with van der Waals surface area (Å²) in [6.45, 7) is 5.87. The van der Waals surface area contributed by atoms with Gasteiger partial charge in [0.2, 0.25) is 0 Å². The lowest BCUT2D eigenvalue weighted by molar-refractivity contribution is -0.152. The van der Waals surface area contributed by atoms with Crippen LogP contribution in [0.3, 0.4) is 0 Å². The number of aliphatic carboxylic acids is 2. The number of carbonyl (C=O) groups excluding carboxylic acids is 6. The maximum Gasteiger partial charge on any atom is 0.313 e. The van der Waals surface area contributed by atoms with Crippen molar-refractivity contribution in [2.45, 2.75) is 64.4 Å². The van der Waals surface area contributed by atoms with Gasteiger partial charge in [-0.05, 0) is 36.1 Å². The summed E-state index contributed by atoms with van der Waals surface area (Å²) >= 11 is 0. The number of carboxylic acids is 2. The summed E-state index contributed by atoms with van der Waals surface area (Å²) in [5, 5.41) is 56.3. The molecule has 0 saturated carbocycles. The highest BCUT2D eigenvalue weighted by atomic mass is 16.5. The largest absolute Gasteiger partial charge is 0.481 e. The lowest BCUT2D eigenvalue weighted by Gasteiger charge is -2.15. The summed E-state index contributed by atoms with van der Waals surface area (Å²) in [5.41, 5.74) is 3.76. The lowest BCUT2D eigenvalue weighted by atomic mass is 10.1. The van der Waals surface area contributed by atoms with Gasteiger partial charge in [-0.2, -0.15) is 0 Å². The number of esters is 2. The van der Waals surface area contributed by atoms with Crippen molar-refractivity contribution in [3.05, 3.63) is 144 Å². The Labute approximate surface area is 415 Å². The molecule has 4 amide bonds. The molecule has 4 aromatic rings. The van der Waals surface area contributed by atoms with Crippen molar-refractivity contribution in [2.24, 2.45) is 23.7 Å². The monoisotopic (exact) mass is 996 g/mol. The molecule has 0 spiro atoms.